The van der Waals surface area contributed by atoms with Crippen LogP contribution in [-0.4, -0.2) is 15.9 Å². The van der Waals surface area contributed by atoms with E-state index in [0.29, 0.717) is 6.10 Å². The first-order valence-electron chi connectivity index (χ1n) is 4.46. The van der Waals surface area contributed by atoms with Gasteiger partial charge in [-0.15, -0.1) is 0 Å². The van der Waals surface area contributed by atoms with Gasteiger partial charge in [-0.1, -0.05) is 27.2 Å². The molecule has 0 spiro atoms. The predicted molar refractivity (Wildman–Crippen MR) is 49.1 cm³/mol. The first kappa shape index (κ1) is 10.2. The Bertz CT molecular complexity index is 62.3. The fourth-order valence-electron chi connectivity index (χ4n) is 0.919. The van der Waals surface area contributed by atoms with E-state index in [4.69, 9.17) is 4.43 Å². The molecular weight excluding hydrogens is 140 g/mol. The van der Waals surface area contributed by atoms with Crippen molar-refractivity contribution in [1.29, 1.82) is 0 Å². The second-order valence-electron chi connectivity index (χ2n) is 2.66. The summed E-state index contributed by atoms with van der Waals surface area (Å²) in [6.45, 7) is 6.63. The Kier molecular flexibility index (Phi) is 7.41. The van der Waals surface area contributed by atoms with Gasteiger partial charge in [-0.05, 0) is 18.9 Å². The fraction of sp³-hybridized carbons (Fsp3) is 1.00. The lowest BCUT2D eigenvalue weighted by molar-refractivity contribution is 0.202. The van der Waals surface area contributed by atoms with Crippen LogP contribution in [0.15, 0.2) is 0 Å². The molecule has 0 aliphatic carbocycles. The Morgan fingerprint density at radius 1 is 1.20 bits per heavy atom. The standard InChI is InChI=1S/C8H20OSi/c1-4-7-10-9-8(5-2)6-3/h8H,4-7,10H2,1-3H3. The highest BCUT2D eigenvalue weighted by Crippen LogP contribution is 2.02. The van der Waals surface area contributed by atoms with Gasteiger partial charge in [0.1, 0.15) is 0 Å². The smallest absolute Gasteiger partial charge is 0.161 e. The highest BCUT2D eigenvalue weighted by Gasteiger charge is 2.00. The van der Waals surface area contributed by atoms with Gasteiger partial charge in [-0.25, -0.2) is 0 Å². The molecule has 0 saturated heterocycles. The summed E-state index contributed by atoms with van der Waals surface area (Å²) in [4.78, 5) is 0. The molecule has 0 radical (unpaired) electrons. The zero-order valence-electron chi connectivity index (χ0n) is 7.52. The number of hydrogen-bond donors (Lipinski definition) is 0. The van der Waals surface area contributed by atoms with Crippen LogP contribution in [0.5, 0.6) is 0 Å². The van der Waals surface area contributed by atoms with Crippen LogP contribution in [0.2, 0.25) is 6.04 Å². The van der Waals surface area contributed by atoms with Crippen LogP contribution in [0.25, 0.3) is 0 Å². The summed E-state index contributed by atoms with van der Waals surface area (Å²) in [7, 11) is -0.158. The molecule has 0 atom stereocenters. The van der Waals surface area contributed by atoms with E-state index in [9.17, 15) is 0 Å². The Hall–Kier alpha value is 0.177. The molecule has 0 rings (SSSR count). The molecule has 2 heteroatoms. The number of rotatable bonds is 6. The Morgan fingerprint density at radius 2 is 1.80 bits per heavy atom. The van der Waals surface area contributed by atoms with Crippen molar-refractivity contribution >= 4 is 9.76 Å². The van der Waals surface area contributed by atoms with E-state index in [-0.39, 0.29) is 9.76 Å². The quantitative estimate of drug-likeness (QED) is 0.427. The average molecular weight is 160 g/mol. The van der Waals surface area contributed by atoms with Gasteiger partial charge in [0.15, 0.2) is 9.76 Å². The van der Waals surface area contributed by atoms with Crippen molar-refractivity contribution < 1.29 is 4.43 Å². The molecule has 62 valence electrons. The minimum Gasteiger partial charge on any atom is -0.421 e. The van der Waals surface area contributed by atoms with Gasteiger partial charge in [0, 0.05) is 6.10 Å². The third-order valence-corrected chi connectivity index (χ3v) is 3.47. The molecular formula is C8H20OSi. The monoisotopic (exact) mass is 160 g/mol. The molecule has 0 saturated carbocycles. The van der Waals surface area contributed by atoms with Crippen LogP contribution < -0.4 is 0 Å². The van der Waals surface area contributed by atoms with Crippen molar-refractivity contribution in [3.63, 3.8) is 0 Å². The molecule has 0 aliphatic heterocycles. The Morgan fingerprint density at radius 3 is 2.20 bits per heavy atom. The average Bonchev–Trinajstić information content (AvgIpc) is 1.99. The molecule has 0 aromatic carbocycles. The minimum atomic E-state index is -0.158. The van der Waals surface area contributed by atoms with Gasteiger partial charge in [-0.3, -0.25) is 0 Å². The van der Waals surface area contributed by atoms with Crippen molar-refractivity contribution in [2.45, 2.75) is 52.2 Å². The number of hydrogen-bond acceptors (Lipinski definition) is 1. The van der Waals surface area contributed by atoms with Gasteiger partial charge in [0.05, 0.1) is 0 Å². The van der Waals surface area contributed by atoms with E-state index in [1.807, 2.05) is 0 Å². The predicted octanol–water partition coefficient (Wildman–Crippen LogP) is 2.10. The zero-order chi connectivity index (χ0) is 7.82. The van der Waals surface area contributed by atoms with Crippen LogP contribution in [0.4, 0.5) is 0 Å². The first-order valence-corrected chi connectivity index (χ1v) is 6.04. The summed E-state index contributed by atoms with van der Waals surface area (Å²) < 4.78 is 5.72. The minimum absolute atomic E-state index is 0.158. The normalized spacial score (nSPS) is 12.0. The van der Waals surface area contributed by atoms with Crippen molar-refractivity contribution in [3.05, 3.63) is 0 Å². The van der Waals surface area contributed by atoms with Crippen LogP contribution in [0, 0.1) is 0 Å². The summed E-state index contributed by atoms with van der Waals surface area (Å²) in [6, 6.07) is 1.34. The maximum atomic E-state index is 5.72. The van der Waals surface area contributed by atoms with Crippen molar-refractivity contribution in [3.8, 4) is 0 Å². The summed E-state index contributed by atoms with van der Waals surface area (Å²) in [5.74, 6) is 0. The van der Waals surface area contributed by atoms with Crippen molar-refractivity contribution in [2.24, 2.45) is 0 Å². The van der Waals surface area contributed by atoms with E-state index in [2.05, 4.69) is 20.8 Å². The lowest BCUT2D eigenvalue weighted by atomic mass is 10.2. The van der Waals surface area contributed by atoms with Crippen LogP contribution in [-0.2, 0) is 4.43 Å². The summed E-state index contributed by atoms with van der Waals surface area (Å²) >= 11 is 0. The fourth-order valence-corrected chi connectivity index (χ4v) is 2.18. The SMILES string of the molecule is CCC[SiH2]OC(CC)CC. The molecule has 0 aromatic heterocycles. The van der Waals surface area contributed by atoms with Crippen LogP contribution >= 0.6 is 0 Å². The van der Waals surface area contributed by atoms with Crippen LogP contribution in [0.1, 0.15) is 40.0 Å². The van der Waals surface area contributed by atoms with E-state index < -0.39 is 0 Å². The third kappa shape index (κ3) is 5.00. The highest BCUT2D eigenvalue weighted by molar-refractivity contribution is 6.27. The second kappa shape index (κ2) is 7.29. The molecule has 0 N–H and O–H groups in total. The lowest BCUT2D eigenvalue weighted by Crippen LogP contribution is -2.12. The third-order valence-electron chi connectivity index (χ3n) is 1.76. The van der Waals surface area contributed by atoms with Crippen molar-refractivity contribution in [1.82, 2.24) is 0 Å². The van der Waals surface area contributed by atoms with Gasteiger partial charge in [0.25, 0.3) is 0 Å². The first-order chi connectivity index (χ1) is 4.85. The maximum absolute atomic E-state index is 5.72. The summed E-state index contributed by atoms with van der Waals surface area (Å²) in [6.07, 6.45) is 4.24. The molecule has 0 amide bonds. The highest BCUT2D eigenvalue weighted by atomic mass is 28.2. The topological polar surface area (TPSA) is 9.23 Å². The van der Waals surface area contributed by atoms with Crippen LogP contribution in [0.3, 0.4) is 0 Å². The molecule has 10 heavy (non-hydrogen) atoms. The largest absolute Gasteiger partial charge is 0.421 e. The molecule has 0 bridgehead atoms. The van der Waals surface area contributed by atoms with Gasteiger partial charge >= 0.3 is 0 Å². The molecule has 1 nitrogen and oxygen atoms in total. The van der Waals surface area contributed by atoms with Gasteiger partial charge < -0.3 is 4.43 Å². The molecule has 0 aromatic rings. The lowest BCUT2D eigenvalue weighted by Gasteiger charge is -2.12. The molecule has 0 fully saturated rings. The van der Waals surface area contributed by atoms with Gasteiger partial charge in [0.2, 0.25) is 0 Å². The zero-order valence-corrected chi connectivity index (χ0v) is 8.94. The summed E-state index contributed by atoms with van der Waals surface area (Å²) in [5, 5.41) is 0. The maximum Gasteiger partial charge on any atom is 0.161 e. The Labute approximate surface area is 67.1 Å². The summed E-state index contributed by atoms with van der Waals surface area (Å²) in [5.41, 5.74) is 0. The van der Waals surface area contributed by atoms with E-state index in [0.717, 1.165) is 0 Å². The molecule has 0 heterocycles. The molecule has 0 aliphatic rings. The van der Waals surface area contributed by atoms with E-state index >= 15 is 0 Å². The van der Waals surface area contributed by atoms with E-state index in [1.54, 1.807) is 0 Å². The van der Waals surface area contributed by atoms with Crippen molar-refractivity contribution in [2.75, 3.05) is 0 Å². The Balaban J connectivity index is 3.09. The molecule has 0 unspecified atom stereocenters. The second-order valence-corrected chi connectivity index (χ2v) is 4.11. The van der Waals surface area contributed by atoms with E-state index in [1.165, 1.54) is 25.3 Å². The van der Waals surface area contributed by atoms with Gasteiger partial charge in [-0.2, -0.15) is 0 Å².